The molecular formula is C23H28N4O3. The Balaban J connectivity index is 1.34. The van der Waals surface area contributed by atoms with Gasteiger partial charge in [0.2, 0.25) is 5.91 Å². The Labute approximate surface area is 175 Å². The summed E-state index contributed by atoms with van der Waals surface area (Å²) < 4.78 is 8.88. The number of aryl methyl sites for hydroxylation is 3. The SMILES string of the molecule is CCCOc1ccc(CNC(=O)CCn2ccn3nc4c(c3c2=O)CCCC4)cc1. The maximum atomic E-state index is 12.9. The van der Waals surface area contributed by atoms with Gasteiger partial charge in [-0.2, -0.15) is 5.10 Å². The summed E-state index contributed by atoms with van der Waals surface area (Å²) in [6.45, 7) is 3.57. The van der Waals surface area contributed by atoms with Crippen LogP contribution in [-0.4, -0.2) is 26.7 Å². The van der Waals surface area contributed by atoms with Crippen molar-refractivity contribution in [1.29, 1.82) is 0 Å². The second-order valence-corrected chi connectivity index (χ2v) is 7.74. The van der Waals surface area contributed by atoms with E-state index in [2.05, 4.69) is 17.3 Å². The number of rotatable bonds is 8. The van der Waals surface area contributed by atoms with Crippen LogP contribution in [0.1, 0.15) is 49.4 Å². The second kappa shape index (κ2) is 9.15. The van der Waals surface area contributed by atoms with Gasteiger partial charge >= 0.3 is 0 Å². The van der Waals surface area contributed by atoms with E-state index >= 15 is 0 Å². The number of amides is 1. The van der Waals surface area contributed by atoms with Crippen LogP contribution in [-0.2, 0) is 30.7 Å². The van der Waals surface area contributed by atoms with Gasteiger partial charge < -0.3 is 14.6 Å². The van der Waals surface area contributed by atoms with Crippen LogP contribution < -0.4 is 15.6 Å². The maximum absolute atomic E-state index is 12.9. The highest BCUT2D eigenvalue weighted by Crippen LogP contribution is 2.22. The van der Waals surface area contributed by atoms with Crippen molar-refractivity contribution >= 4 is 11.4 Å². The van der Waals surface area contributed by atoms with Gasteiger partial charge in [0.1, 0.15) is 11.3 Å². The largest absolute Gasteiger partial charge is 0.494 e. The summed E-state index contributed by atoms with van der Waals surface area (Å²) in [5, 5.41) is 7.47. The number of nitrogens with zero attached hydrogens (tertiary/aromatic N) is 3. The molecule has 0 saturated heterocycles. The quantitative estimate of drug-likeness (QED) is 0.622. The molecule has 1 N–H and O–H groups in total. The van der Waals surface area contributed by atoms with Gasteiger partial charge in [0.05, 0.1) is 12.3 Å². The third-order valence-electron chi connectivity index (χ3n) is 5.50. The van der Waals surface area contributed by atoms with Gasteiger partial charge in [-0.05, 0) is 49.8 Å². The zero-order valence-electron chi connectivity index (χ0n) is 17.4. The van der Waals surface area contributed by atoms with E-state index in [1.165, 1.54) is 0 Å². The number of carbonyl (C=O) groups is 1. The summed E-state index contributed by atoms with van der Waals surface area (Å²) in [5.41, 5.74) is 3.73. The van der Waals surface area contributed by atoms with Crippen molar-refractivity contribution in [3.63, 3.8) is 0 Å². The standard InChI is InChI=1S/C23H28N4O3/c1-2-15-30-18-9-7-17(8-10-18)16-24-21(28)11-12-26-13-14-27-22(23(26)29)19-5-3-4-6-20(19)25-27/h7-10,13-14H,2-6,11-12,15-16H2,1H3,(H,24,28). The molecule has 0 atom stereocenters. The number of benzene rings is 1. The molecule has 0 saturated carbocycles. The Bertz CT molecular complexity index is 1080. The topological polar surface area (TPSA) is 77.6 Å². The van der Waals surface area contributed by atoms with Gasteiger partial charge in [0.25, 0.3) is 5.56 Å². The molecular weight excluding hydrogens is 380 g/mol. The molecule has 0 bridgehead atoms. The third kappa shape index (κ3) is 4.40. The third-order valence-corrected chi connectivity index (χ3v) is 5.50. The molecule has 0 spiro atoms. The smallest absolute Gasteiger partial charge is 0.276 e. The second-order valence-electron chi connectivity index (χ2n) is 7.74. The van der Waals surface area contributed by atoms with Gasteiger partial charge in [-0.3, -0.25) is 9.59 Å². The van der Waals surface area contributed by atoms with Crippen LogP contribution in [0, 0.1) is 0 Å². The monoisotopic (exact) mass is 408 g/mol. The molecule has 3 aromatic rings. The van der Waals surface area contributed by atoms with E-state index in [-0.39, 0.29) is 17.9 Å². The number of nitrogens with one attached hydrogen (secondary N) is 1. The predicted molar refractivity (Wildman–Crippen MR) is 115 cm³/mol. The minimum absolute atomic E-state index is 0.0661. The first-order valence-corrected chi connectivity index (χ1v) is 10.7. The molecule has 0 aliphatic heterocycles. The average Bonchev–Trinajstić information content (AvgIpc) is 3.16. The molecule has 0 fully saturated rings. The first kappa shape index (κ1) is 20.2. The van der Waals surface area contributed by atoms with E-state index in [1.54, 1.807) is 15.3 Å². The molecule has 1 aliphatic carbocycles. The van der Waals surface area contributed by atoms with Gasteiger partial charge in [0, 0.05) is 37.5 Å². The van der Waals surface area contributed by atoms with E-state index in [9.17, 15) is 9.59 Å². The highest BCUT2D eigenvalue weighted by atomic mass is 16.5. The summed E-state index contributed by atoms with van der Waals surface area (Å²) in [7, 11) is 0. The van der Waals surface area contributed by atoms with Crippen molar-refractivity contribution in [2.75, 3.05) is 6.61 Å². The van der Waals surface area contributed by atoms with Gasteiger partial charge in [-0.25, -0.2) is 4.52 Å². The molecule has 0 unspecified atom stereocenters. The highest BCUT2D eigenvalue weighted by molar-refractivity contribution is 5.75. The number of aromatic nitrogens is 3. The van der Waals surface area contributed by atoms with Crippen LogP contribution in [0.4, 0.5) is 0 Å². The summed E-state index contributed by atoms with van der Waals surface area (Å²) in [6, 6.07) is 7.73. The number of ether oxygens (including phenoxy) is 1. The summed E-state index contributed by atoms with van der Waals surface area (Å²) in [6.07, 6.45) is 8.81. The van der Waals surface area contributed by atoms with Crippen LogP contribution in [0.2, 0.25) is 0 Å². The Morgan fingerprint density at radius 2 is 1.97 bits per heavy atom. The van der Waals surface area contributed by atoms with Gasteiger partial charge in [-0.1, -0.05) is 19.1 Å². The number of hydrogen-bond acceptors (Lipinski definition) is 4. The van der Waals surface area contributed by atoms with E-state index < -0.39 is 0 Å². The van der Waals surface area contributed by atoms with Gasteiger partial charge in [0.15, 0.2) is 0 Å². The lowest BCUT2D eigenvalue weighted by Gasteiger charge is -2.10. The lowest BCUT2D eigenvalue weighted by Crippen LogP contribution is -2.27. The Kier molecular flexibility index (Phi) is 6.16. The van der Waals surface area contributed by atoms with Crippen molar-refractivity contribution in [2.45, 2.75) is 58.5 Å². The molecule has 7 nitrogen and oxygen atoms in total. The zero-order valence-corrected chi connectivity index (χ0v) is 17.4. The normalized spacial score (nSPS) is 13.2. The molecule has 2 heterocycles. The fourth-order valence-electron chi connectivity index (χ4n) is 3.87. The zero-order chi connectivity index (χ0) is 20.9. The summed E-state index contributed by atoms with van der Waals surface area (Å²) >= 11 is 0. The number of hydrogen-bond donors (Lipinski definition) is 1. The molecule has 158 valence electrons. The van der Waals surface area contributed by atoms with Crippen molar-refractivity contribution in [2.24, 2.45) is 0 Å². The Morgan fingerprint density at radius 3 is 2.77 bits per heavy atom. The fraction of sp³-hybridized carbons (Fsp3) is 0.435. The summed E-state index contributed by atoms with van der Waals surface area (Å²) in [4.78, 5) is 25.2. The van der Waals surface area contributed by atoms with Crippen LogP contribution in [0.25, 0.3) is 5.52 Å². The van der Waals surface area contributed by atoms with Crippen molar-refractivity contribution in [1.82, 2.24) is 19.5 Å². The number of fused-ring (bicyclic) bond motifs is 3. The van der Waals surface area contributed by atoms with E-state index in [4.69, 9.17) is 4.74 Å². The van der Waals surface area contributed by atoms with Crippen LogP contribution in [0.15, 0.2) is 41.5 Å². The molecule has 4 rings (SSSR count). The Morgan fingerprint density at radius 1 is 1.17 bits per heavy atom. The van der Waals surface area contributed by atoms with Crippen LogP contribution in [0.3, 0.4) is 0 Å². The highest BCUT2D eigenvalue weighted by Gasteiger charge is 2.19. The molecule has 1 aromatic carbocycles. The van der Waals surface area contributed by atoms with Crippen molar-refractivity contribution in [3.05, 3.63) is 63.8 Å². The van der Waals surface area contributed by atoms with E-state index in [0.29, 0.717) is 25.2 Å². The van der Waals surface area contributed by atoms with Crippen LogP contribution >= 0.6 is 0 Å². The van der Waals surface area contributed by atoms with Crippen LogP contribution in [0.5, 0.6) is 5.75 Å². The minimum atomic E-state index is -0.0800. The molecule has 7 heteroatoms. The van der Waals surface area contributed by atoms with Crippen molar-refractivity contribution < 1.29 is 9.53 Å². The average molecular weight is 409 g/mol. The first-order chi connectivity index (χ1) is 14.7. The lowest BCUT2D eigenvalue weighted by atomic mass is 9.97. The fourth-order valence-corrected chi connectivity index (χ4v) is 3.87. The van der Waals surface area contributed by atoms with Crippen molar-refractivity contribution in [3.8, 4) is 5.75 Å². The Hall–Kier alpha value is -3.09. The first-order valence-electron chi connectivity index (χ1n) is 10.7. The molecule has 0 radical (unpaired) electrons. The maximum Gasteiger partial charge on any atom is 0.276 e. The molecule has 1 amide bonds. The molecule has 1 aliphatic rings. The molecule has 30 heavy (non-hydrogen) atoms. The minimum Gasteiger partial charge on any atom is -0.494 e. The predicted octanol–water partition coefficient (Wildman–Crippen LogP) is 2.87. The molecule has 2 aromatic heterocycles. The van der Waals surface area contributed by atoms with E-state index in [1.807, 2.05) is 30.5 Å². The van der Waals surface area contributed by atoms with E-state index in [0.717, 1.165) is 54.7 Å². The number of carbonyl (C=O) groups excluding carboxylic acids is 1. The summed E-state index contributed by atoms with van der Waals surface area (Å²) in [5.74, 6) is 0.757. The lowest BCUT2D eigenvalue weighted by molar-refractivity contribution is -0.121. The van der Waals surface area contributed by atoms with Gasteiger partial charge in [-0.15, -0.1) is 0 Å².